The Morgan fingerprint density at radius 1 is 1.33 bits per heavy atom. The zero-order chi connectivity index (χ0) is 15.5. The van der Waals surface area contributed by atoms with Crippen molar-refractivity contribution in [2.75, 3.05) is 18.8 Å². The van der Waals surface area contributed by atoms with E-state index >= 15 is 0 Å². The zero-order valence-electron chi connectivity index (χ0n) is 11.9. The maximum Gasteiger partial charge on any atom is 0.254 e. The van der Waals surface area contributed by atoms with Crippen LogP contribution in [0, 0.1) is 3.57 Å². The Morgan fingerprint density at radius 2 is 1.95 bits per heavy atom. The number of carbonyl (C=O) groups is 1. The summed E-state index contributed by atoms with van der Waals surface area (Å²) < 4.78 is 26.7. The number of halogens is 1. The molecular formula is C14H19IN2O3S. The SMILES string of the molecule is CCS(=O)(=O)NC1CCN(C(=O)c2ccccc2I)CC1. The summed E-state index contributed by atoms with van der Waals surface area (Å²) in [5.41, 5.74) is 0.714. The zero-order valence-corrected chi connectivity index (χ0v) is 14.9. The number of nitrogens with zero attached hydrogens (tertiary/aromatic N) is 1. The van der Waals surface area contributed by atoms with Crippen molar-refractivity contribution in [2.24, 2.45) is 0 Å². The van der Waals surface area contributed by atoms with Crippen molar-refractivity contribution in [2.45, 2.75) is 25.8 Å². The summed E-state index contributed by atoms with van der Waals surface area (Å²) in [6.07, 6.45) is 1.32. The van der Waals surface area contributed by atoms with Crippen molar-refractivity contribution in [3.8, 4) is 0 Å². The lowest BCUT2D eigenvalue weighted by molar-refractivity contribution is 0.0710. The Hall–Kier alpha value is -0.670. The van der Waals surface area contributed by atoms with E-state index in [2.05, 4.69) is 27.3 Å². The number of rotatable bonds is 4. The Balaban J connectivity index is 1.95. The second-order valence-corrected chi connectivity index (χ2v) is 8.27. The van der Waals surface area contributed by atoms with Crippen LogP contribution in [-0.4, -0.2) is 44.1 Å². The van der Waals surface area contributed by atoms with Gasteiger partial charge in [-0.1, -0.05) is 12.1 Å². The van der Waals surface area contributed by atoms with E-state index in [1.807, 2.05) is 24.3 Å². The quantitative estimate of drug-likeness (QED) is 0.754. The molecule has 21 heavy (non-hydrogen) atoms. The highest BCUT2D eigenvalue weighted by Crippen LogP contribution is 2.18. The first kappa shape index (κ1) is 16.7. The minimum atomic E-state index is -3.17. The lowest BCUT2D eigenvalue weighted by Gasteiger charge is -2.32. The van der Waals surface area contributed by atoms with E-state index in [1.54, 1.807) is 11.8 Å². The van der Waals surface area contributed by atoms with E-state index in [4.69, 9.17) is 0 Å². The van der Waals surface area contributed by atoms with Crippen LogP contribution >= 0.6 is 22.6 Å². The summed E-state index contributed by atoms with van der Waals surface area (Å²) in [6.45, 7) is 2.79. The Bertz CT molecular complexity index is 610. The highest BCUT2D eigenvalue weighted by Gasteiger charge is 2.26. The van der Waals surface area contributed by atoms with Gasteiger partial charge in [0.2, 0.25) is 10.0 Å². The Morgan fingerprint density at radius 3 is 2.52 bits per heavy atom. The lowest BCUT2D eigenvalue weighted by atomic mass is 10.0. The molecule has 0 unspecified atom stereocenters. The van der Waals surface area contributed by atoms with Gasteiger partial charge < -0.3 is 4.90 Å². The fourth-order valence-corrected chi connectivity index (χ4v) is 3.87. The van der Waals surface area contributed by atoms with Gasteiger partial charge in [0.15, 0.2) is 0 Å². The van der Waals surface area contributed by atoms with Gasteiger partial charge in [-0.15, -0.1) is 0 Å². The van der Waals surface area contributed by atoms with E-state index in [0.717, 1.165) is 3.57 Å². The highest BCUT2D eigenvalue weighted by molar-refractivity contribution is 14.1. The summed E-state index contributed by atoms with van der Waals surface area (Å²) in [4.78, 5) is 14.3. The molecule has 1 amide bonds. The van der Waals surface area contributed by atoms with Crippen LogP contribution in [0.5, 0.6) is 0 Å². The second-order valence-electron chi connectivity index (χ2n) is 5.07. The van der Waals surface area contributed by atoms with Crippen molar-refractivity contribution < 1.29 is 13.2 Å². The molecule has 0 saturated carbocycles. The van der Waals surface area contributed by atoms with Crippen molar-refractivity contribution in [3.63, 3.8) is 0 Å². The Labute approximate surface area is 139 Å². The standard InChI is InChI=1S/C14H19IN2O3S/c1-2-21(19,20)16-11-7-9-17(10-8-11)14(18)12-5-3-4-6-13(12)15/h3-6,11,16H,2,7-10H2,1H3. The largest absolute Gasteiger partial charge is 0.338 e. The number of hydrogen-bond donors (Lipinski definition) is 1. The summed E-state index contributed by atoms with van der Waals surface area (Å²) in [5.74, 6) is 0.116. The average molecular weight is 422 g/mol. The monoisotopic (exact) mass is 422 g/mol. The number of amides is 1. The lowest BCUT2D eigenvalue weighted by Crippen LogP contribution is -2.46. The minimum absolute atomic E-state index is 0.0248. The number of likely N-dealkylation sites (tertiary alicyclic amines) is 1. The number of benzene rings is 1. The van der Waals surface area contributed by atoms with Crippen LogP contribution in [0.2, 0.25) is 0 Å². The molecule has 0 spiro atoms. The predicted octanol–water partition coefficient (Wildman–Crippen LogP) is 1.84. The topological polar surface area (TPSA) is 66.5 Å². The van der Waals surface area contributed by atoms with Crippen LogP contribution in [0.25, 0.3) is 0 Å². The van der Waals surface area contributed by atoms with Gasteiger partial charge in [-0.3, -0.25) is 4.79 Å². The van der Waals surface area contributed by atoms with Gasteiger partial charge in [0.1, 0.15) is 0 Å². The predicted molar refractivity (Wildman–Crippen MR) is 90.7 cm³/mol. The Kier molecular flexibility index (Phi) is 5.61. The molecule has 1 N–H and O–H groups in total. The molecular weight excluding hydrogens is 403 g/mol. The van der Waals surface area contributed by atoms with Gasteiger partial charge in [0.25, 0.3) is 5.91 Å². The van der Waals surface area contributed by atoms with Crippen molar-refractivity contribution >= 4 is 38.5 Å². The first-order valence-corrected chi connectivity index (χ1v) is 9.70. The molecule has 1 aromatic carbocycles. The van der Waals surface area contributed by atoms with Gasteiger partial charge in [-0.25, -0.2) is 13.1 Å². The summed E-state index contributed by atoms with van der Waals surface area (Å²) in [5, 5.41) is 0. The van der Waals surface area contributed by atoms with Crippen LogP contribution < -0.4 is 4.72 Å². The van der Waals surface area contributed by atoms with Crippen LogP contribution in [0.1, 0.15) is 30.1 Å². The fraction of sp³-hybridized carbons (Fsp3) is 0.500. The van der Waals surface area contributed by atoms with Gasteiger partial charge in [-0.2, -0.15) is 0 Å². The third-order valence-corrected chi connectivity index (χ3v) is 6.01. The molecule has 1 aromatic rings. The van der Waals surface area contributed by atoms with Crippen molar-refractivity contribution in [3.05, 3.63) is 33.4 Å². The number of hydrogen-bond acceptors (Lipinski definition) is 3. The van der Waals surface area contributed by atoms with Crippen LogP contribution in [-0.2, 0) is 10.0 Å². The molecule has 1 aliphatic rings. The maximum absolute atomic E-state index is 12.5. The third-order valence-electron chi connectivity index (χ3n) is 3.61. The first-order chi connectivity index (χ1) is 9.93. The normalized spacial score (nSPS) is 17.0. The highest BCUT2D eigenvalue weighted by atomic mass is 127. The van der Waals surface area contributed by atoms with Gasteiger partial charge in [0, 0.05) is 22.7 Å². The van der Waals surface area contributed by atoms with E-state index in [1.165, 1.54) is 0 Å². The first-order valence-electron chi connectivity index (χ1n) is 6.96. The molecule has 1 aliphatic heterocycles. The number of nitrogens with one attached hydrogen (secondary N) is 1. The molecule has 0 aliphatic carbocycles. The second kappa shape index (κ2) is 7.06. The maximum atomic E-state index is 12.5. The molecule has 0 atom stereocenters. The molecule has 0 bridgehead atoms. The average Bonchev–Trinajstić information content (AvgIpc) is 2.47. The summed E-state index contributed by atoms with van der Waals surface area (Å²) >= 11 is 2.16. The van der Waals surface area contributed by atoms with Crippen molar-refractivity contribution in [1.82, 2.24) is 9.62 Å². The van der Waals surface area contributed by atoms with E-state index in [9.17, 15) is 13.2 Å². The van der Waals surface area contributed by atoms with Crippen LogP contribution in [0.4, 0.5) is 0 Å². The molecule has 0 aromatic heterocycles. The molecule has 1 fully saturated rings. The molecule has 7 heteroatoms. The number of carbonyl (C=O) groups excluding carboxylic acids is 1. The molecule has 116 valence electrons. The smallest absolute Gasteiger partial charge is 0.254 e. The molecule has 1 heterocycles. The molecule has 0 radical (unpaired) electrons. The molecule has 1 saturated heterocycles. The number of piperidine rings is 1. The molecule has 5 nitrogen and oxygen atoms in total. The van der Waals surface area contributed by atoms with Gasteiger partial charge >= 0.3 is 0 Å². The minimum Gasteiger partial charge on any atom is -0.338 e. The fourth-order valence-electron chi connectivity index (χ4n) is 2.34. The van der Waals surface area contributed by atoms with Gasteiger partial charge in [-0.05, 0) is 54.5 Å². The van der Waals surface area contributed by atoms with Crippen molar-refractivity contribution in [1.29, 1.82) is 0 Å². The number of sulfonamides is 1. The third kappa shape index (κ3) is 4.40. The van der Waals surface area contributed by atoms with Crippen LogP contribution in [0.15, 0.2) is 24.3 Å². The van der Waals surface area contributed by atoms with E-state index in [-0.39, 0.29) is 17.7 Å². The van der Waals surface area contributed by atoms with E-state index < -0.39 is 10.0 Å². The summed E-state index contributed by atoms with van der Waals surface area (Å²) in [6, 6.07) is 7.45. The summed E-state index contributed by atoms with van der Waals surface area (Å²) in [7, 11) is -3.17. The molecule has 2 rings (SSSR count). The van der Waals surface area contributed by atoms with Crippen LogP contribution in [0.3, 0.4) is 0 Å². The van der Waals surface area contributed by atoms with Gasteiger partial charge in [0.05, 0.1) is 11.3 Å². The van der Waals surface area contributed by atoms with E-state index in [0.29, 0.717) is 31.5 Å².